The van der Waals surface area contributed by atoms with Crippen molar-refractivity contribution in [2.75, 3.05) is 0 Å². The summed E-state index contributed by atoms with van der Waals surface area (Å²) in [5, 5.41) is 0. The standard InChI is InChI=1S/C34H26F6N2O/c1-2-3-4-5-21-19-41-33(42-20-21)23-8-6-22(7-9-23)24-10-14-28(31(37)16-24)34(39,40)43-26-12-13-27(30(36)18-26)25-11-15-29(35)32(38)17-25/h6-20H,2-5H2,1H3. The van der Waals surface area contributed by atoms with E-state index in [2.05, 4.69) is 21.6 Å². The van der Waals surface area contributed by atoms with E-state index < -0.39 is 40.7 Å². The fraction of sp³-hybridized carbons (Fsp3) is 0.176. The third kappa shape index (κ3) is 6.88. The van der Waals surface area contributed by atoms with Crippen LogP contribution in [0.5, 0.6) is 5.75 Å². The molecule has 0 unspecified atom stereocenters. The van der Waals surface area contributed by atoms with Crippen molar-refractivity contribution >= 4 is 0 Å². The van der Waals surface area contributed by atoms with Gasteiger partial charge in [-0.2, -0.15) is 8.78 Å². The van der Waals surface area contributed by atoms with E-state index in [4.69, 9.17) is 0 Å². The number of nitrogens with zero attached hydrogens (tertiary/aromatic N) is 2. The third-order valence-electron chi connectivity index (χ3n) is 6.95. The molecule has 1 heterocycles. The van der Waals surface area contributed by atoms with Crippen LogP contribution >= 0.6 is 0 Å². The van der Waals surface area contributed by atoms with Crippen LogP contribution in [0.1, 0.15) is 37.3 Å². The second kappa shape index (κ2) is 12.7. The normalized spacial score (nSPS) is 11.5. The third-order valence-corrected chi connectivity index (χ3v) is 6.95. The first-order valence-corrected chi connectivity index (χ1v) is 13.7. The lowest BCUT2D eigenvalue weighted by atomic mass is 10.0. The Morgan fingerprint density at radius 1 is 0.628 bits per heavy atom. The summed E-state index contributed by atoms with van der Waals surface area (Å²) < 4.78 is 90.9. The van der Waals surface area contributed by atoms with Crippen LogP contribution < -0.4 is 4.74 Å². The number of hydrogen-bond donors (Lipinski definition) is 0. The van der Waals surface area contributed by atoms with Gasteiger partial charge < -0.3 is 4.74 Å². The second-order valence-electron chi connectivity index (χ2n) is 10.0. The summed E-state index contributed by atoms with van der Waals surface area (Å²) in [7, 11) is 0. The SMILES string of the molecule is CCCCCc1cnc(-c2ccc(-c3ccc(C(F)(F)Oc4ccc(-c5ccc(F)c(F)c5)c(F)c4)c(F)c3)cc2)nc1. The van der Waals surface area contributed by atoms with E-state index in [-0.39, 0.29) is 11.1 Å². The van der Waals surface area contributed by atoms with Gasteiger partial charge in [-0.25, -0.2) is 27.5 Å². The molecule has 0 fully saturated rings. The molecule has 0 bridgehead atoms. The zero-order valence-electron chi connectivity index (χ0n) is 23.1. The highest BCUT2D eigenvalue weighted by atomic mass is 19.3. The Morgan fingerprint density at radius 2 is 1.28 bits per heavy atom. The Bertz CT molecular complexity index is 1720. The maximum atomic E-state index is 15.0. The molecule has 0 saturated heterocycles. The van der Waals surface area contributed by atoms with Crippen molar-refractivity contribution in [2.45, 2.75) is 38.7 Å². The minimum absolute atomic E-state index is 0.00705. The van der Waals surface area contributed by atoms with Crippen LogP contribution in [0.2, 0.25) is 0 Å². The number of alkyl halides is 2. The van der Waals surface area contributed by atoms with Gasteiger partial charge in [0.25, 0.3) is 0 Å². The molecule has 0 saturated carbocycles. The van der Waals surface area contributed by atoms with E-state index in [1.54, 1.807) is 36.7 Å². The average molecular weight is 593 g/mol. The molecular formula is C34H26F6N2O. The number of hydrogen-bond acceptors (Lipinski definition) is 3. The van der Waals surface area contributed by atoms with E-state index in [9.17, 15) is 26.3 Å². The van der Waals surface area contributed by atoms with Gasteiger partial charge in [-0.05, 0) is 71.5 Å². The largest absolute Gasteiger partial charge is 0.429 e. The van der Waals surface area contributed by atoms with Gasteiger partial charge in [0.2, 0.25) is 0 Å². The molecule has 3 nitrogen and oxygen atoms in total. The molecule has 220 valence electrons. The summed E-state index contributed by atoms with van der Waals surface area (Å²) in [6.07, 6.45) is 3.75. The van der Waals surface area contributed by atoms with Crippen molar-refractivity contribution in [1.29, 1.82) is 0 Å². The van der Waals surface area contributed by atoms with E-state index in [0.717, 1.165) is 79.3 Å². The predicted octanol–water partition coefficient (Wildman–Crippen LogP) is 9.89. The number of ether oxygens (including phenoxy) is 1. The predicted molar refractivity (Wildman–Crippen MR) is 152 cm³/mol. The first-order valence-electron chi connectivity index (χ1n) is 13.7. The minimum Gasteiger partial charge on any atom is -0.429 e. The van der Waals surface area contributed by atoms with Gasteiger partial charge in [0, 0.05) is 29.6 Å². The van der Waals surface area contributed by atoms with Crippen LogP contribution in [0.3, 0.4) is 0 Å². The maximum absolute atomic E-state index is 15.0. The van der Waals surface area contributed by atoms with Crippen LogP contribution in [0.4, 0.5) is 26.3 Å². The lowest BCUT2D eigenvalue weighted by Crippen LogP contribution is -2.23. The first kappa shape index (κ1) is 29.8. The summed E-state index contributed by atoms with van der Waals surface area (Å²) in [5.41, 5.74) is 1.58. The molecule has 0 aliphatic heterocycles. The Balaban J connectivity index is 1.29. The van der Waals surface area contributed by atoms with Crippen LogP contribution in [0, 0.1) is 23.3 Å². The molecule has 1 aromatic heterocycles. The fourth-order valence-corrected chi connectivity index (χ4v) is 4.61. The van der Waals surface area contributed by atoms with E-state index in [0.29, 0.717) is 23.0 Å². The Morgan fingerprint density at radius 3 is 1.93 bits per heavy atom. The van der Waals surface area contributed by atoms with Gasteiger partial charge in [-0.3, -0.25) is 0 Å². The molecule has 0 spiro atoms. The molecule has 0 N–H and O–H groups in total. The number of halogens is 6. The molecule has 0 atom stereocenters. The molecule has 0 amide bonds. The molecule has 4 aromatic carbocycles. The Kier molecular flexibility index (Phi) is 8.80. The maximum Gasteiger partial charge on any atom is 0.429 e. The van der Waals surface area contributed by atoms with Crippen LogP contribution in [-0.4, -0.2) is 9.97 Å². The van der Waals surface area contributed by atoms with Gasteiger partial charge in [0.1, 0.15) is 17.4 Å². The van der Waals surface area contributed by atoms with Gasteiger partial charge in [0.15, 0.2) is 17.5 Å². The molecule has 9 heteroatoms. The van der Waals surface area contributed by atoms with Crippen molar-refractivity contribution in [3.63, 3.8) is 0 Å². The lowest BCUT2D eigenvalue weighted by molar-refractivity contribution is -0.187. The summed E-state index contributed by atoms with van der Waals surface area (Å²) in [6.45, 7) is 2.14. The molecule has 0 aliphatic rings. The molecule has 43 heavy (non-hydrogen) atoms. The number of rotatable bonds is 10. The summed E-state index contributed by atoms with van der Waals surface area (Å²) >= 11 is 0. The molecular weight excluding hydrogens is 566 g/mol. The number of aromatic nitrogens is 2. The highest BCUT2D eigenvalue weighted by Gasteiger charge is 2.38. The summed E-state index contributed by atoms with van der Waals surface area (Å²) in [4.78, 5) is 8.86. The van der Waals surface area contributed by atoms with Gasteiger partial charge in [0.05, 0.1) is 5.56 Å². The minimum atomic E-state index is -4.14. The van der Waals surface area contributed by atoms with E-state index in [1.165, 1.54) is 6.07 Å². The molecule has 5 rings (SSSR count). The quantitative estimate of drug-likeness (QED) is 0.120. The van der Waals surface area contributed by atoms with E-state index >= 15 is 0 Å². The Labute approximate surface area is 244 Å². The Hall–Kier alpha value is -4.66. The highest BCUT2D eigenvalue weighted by Crippen LogP contribution is 2.37. The van der Waals surface area contributed by atoms with Crippen molar-refractivity contribution in [1.82, 2.24) is 9.97 Å². The highest BCUT2D eigenvalue weighted by molar-refractivity contribution is 5.68. The van der Waals surface area contributed by atoms with Crippen LogP contribution in [0.15, 0.2) is 91.3 Å². The molecule has 5 aromatic rings. The lowest BCUT2D eigenvalue weighted by Gasteiger charge is -2.20. The fourth-order valence-electron chi connectivity index (χ4n) is 4.61. The first-order chi connectivity index (χ1) is 20.6. The second-order valence-corrected chi connectivity index (χ2v) is 10.0. The smallest absolute Gasteiger partial charge is 0.429 e. The van der Waals surface area contributed by atoms with Crippen LogP contribution in [0.25, 0.3) is 33.6 Å². The van der Waals surface area contributed by atoms with E-state index in [1.807, 2.05) is 0 Å². The summed E-state index contributed by atoms with van der Waals surface area (Å²) in [6, 6.07) is 15.7. The number of unbranched alkanes of at least 4 members (excludes halogenated alkanes) is 2. The average Bonchev–Trinajstić information content (AvgIpc) is 2.99. The zero-order chi connectivity index (χ0) is 30.6. The van der Waals surface area contributed by atoms with Gasteiger partial charge in [-0.1, -0.05) is 56.2 Å². The van der Waals surface area contributed by atoms with Crippen molar-refractivity contribution in [3.8, 4) is 39.4 Å². The van der Waals surface area contributed by atoms with Gasteiger partial charge in [-0.15, -0.1) is 0 Å². The summed E-state index contributed by atoms with van der Waals surface area (Å²) in [5.74, 6) is -4.56. The topological polar surface area (TPSA) is 35.0 Å². The van der Waals surface area contributed by atoms with Crippen molar-refractivity contribution in [3.05, 3.63) is 126 Å². The van der Waals surface area contributed by atoms with Crippen molar-refractivity contribution < 1.29 is 31.1 Å². The van der Waals surface area contributed by atoms with Crippen LogP contribution in [-0.2, 0) is 12.5 Å². The number of aryl methyl sites for hydroxylation is 1. The monoisotopic (exact) mass is 592 g/mol. The molecule has 0 aliphatic carbocycles. The van der Waals surface area contributed by atoms with Crippen molar-refractivity contribution in [2.24, 2.45) is 0 Å². The number of benzene rings is 4. The zero-order valence-corrected chi connectivity index (χ0v) is 23.1. The molecule has 0 radical (unpaired) electrons. The van der Waals surface area contributed by atoms with Gasteiger partial charge >= 0.3 is 6.11 Å².